The highest BCUT2D eigenvalue weighted by Gasteiger charge is 1.86. The summed E-state index contributed by atoms with van der Waals surface area (Å²) in [6.45, 7) is 0. The lowest BCUT2D eigenvalue weighted by atomic mass is 10.2. The summed E-state index contributed by atoms with van der Waals surface area (Å²) in [5, 5.41) is 1.01. The lowest BCUT2D eigenvalue weighted by molar-refractivity contribution is 1.13. The van der Waals surface area contributed by atoms with Crippen molar-refractivity contribution in [2.24, 2.45) is 0 Å². The van der Waals surface area contributed by atoms with Gasteiger partial charge in [-0.2, -0.15) is 0 Å². The molecule has 0 radical (unpaired) electrons. The Balaban J connectivity index is 2.61. The number of hydrogen-bond acceptors (Lipinski definition) is 1. The van der Waals surface area contributed by atoms with Crippen molar-refractivity contribution in [2.45, 2.75) is 6.42 Å². The lowest BCUT2D eigenvalue weighted by Gasteiger charge is -1.92. The smallest absolute Gasteiger partial charge is 0.0300 e. The van der Waals surface area contributed by atoms with Gasteiger partial charge in [0.1, 0.15) is 0 Å². The number of aromatic nitrogens is 1. The van der Waals surface area contributed by atoms with Crippen molar-refractivity contribution in [1.82, 2.24) is 4.98 Å². The Morgan fingerprint density at radius 1 is 1.56 bits per heavy atom. The monoisotopic (exact) mass is 185 g/mol. The Labute approximate surface area is 63.2 Å². The predicted octanol–water partition coefficient (Wildman–Crippen LogP) is 2.02. The van der Waals surface area contributed by atoms with Gasteiger partial charge in [0, 0.05) is 17.7 Å². The van der Waals surface area contributed by atoms with E-state index < -0.39 is 0 Å². The van der Waals surface area contributed by atoms with Crippen LogP contribution in [-0.2, 0) is 6.42 Å². The van der Waals surface area contributed by atoms with E-state index in [9.17, 15) is 0 Å². The van der Waals surface area contributed by atoms with Crippen LogP contribution in [-0.4, -0.2) is 10.3 Å². The maximum absolute atomic E-state index is 3.98. The molecule has 0 aromatic carbocycles. The summed E-state index contributed by atoms with van der Waals surface area (Å²) in [5.74, 6) is 0. The third-order valence-corrected chi connectivity index (χ3v) is 1.50. The molecule has 0 aliphatic rings. The first kappa shape index (κ1) is 6.75. The van der Waals surface area contributed by atoms with Gasteiger partial charge in [-0.3, -0.25) is 4.98 Å². The molecule has 0 aliphatic carbocycles. The summed E-state index contributed by atoms with van der Waals surface area (Å²) in [7, 11) is 0. The van der Waals surface area contributed by atoms with E-state index in [2.05, 4.69) is 27.0 Å². The van der Waals surface area contributed by atoms with Crippen molar-refractivity contribution in [2.75, 3.05) is 5.33 Å². The average molecular weight is 186 g/mol. The van der Waals surface area contributed by atoms with Gasteiger partial charge in [-0.1, -0.05) is 22.0 Å². The number of aryl methyl sites for hydroxylation is 1. The van der Waals surface area contributed by atoms with Crippen LogP contribution in [0.3, 0.4) is 0 Å². The number of rotatable bonds is 2. The van der Waals surface area contributed by atoms with Crippen molar-refractivity contribution in [1.29, 1.82) is 0 Å². The molecule has 0 bridgehead atoms. The minimum absolute atomic E-state index is 1.01. The second-order valence-corrected chi connectivity index (χ2v) is 2.59. The van der Waals surface area contributed by atoms with Crippen molar-refractivity contribution in [3.8, 4) is 0 Å². The Morgan fingerprint density at radius 2 is 2.44 bits per heavy atom. The molecule has 9 heavy (non-hydrogen) atoms. The second-order valence-electron chi connectivity index (χ2n) is 1.80. The van der Waals surface area contributed by atoms with Crippen molar-refractivity contribution < 1.29 is 0 Å². The molecular formula is C7H8BrN. The highest BCUT2D eigenvalue weighted by Crippen LogP contribution is 1.98. The van der Waals surface area contributed by atoms with Crippen molar-refractivity contribution in [3.05, 3.63) is 30.1 Å². The van der Waals surface area contributed by atoms with Gasteiger partial charge < -0.3 is 0 Å². The van der Waals surface area contributed by atoms with E-state index in [1.54, 1.807) is 6.20 Å². The largest absolute Gasteiger partial charge is 0.264 e. The van der Waals surface area contributed by atoms with E-state index >= 15 is 0 Å². The highest BCUT2D eigenvalue weighted by atomic mass is 79.9. The zero-order valence-corrected chi connectivity index (χ0v) is 6.63. The van der Waals surface area contributed by atoms with Crippen LogP contribution in [0.15, 0.2) is 24.5 Å². The van der Waals surface area contributed by atoms with Gasteiger partial charge >= 0.3 is 0 Å². The fourth-order valence-electron chi connectivity index (χ4n) is 0.655. The first-order valence-corrected chi connectivity index (χ1v) is 4.00. The first-order valence-electron chi connectivity index (χ1n) is 2.88. The molecule has 1 rings (SSSR count). The normalized spacial score (nSPS) is 9.44. The van der Waals surface area contributed by atoms with E-state index in [0.29, 0.717) is 0 Å². The Kier molecular flexibility index (Phi) is 2.71. The van der Waals surface area contributed by atoms with Gasteiger partial charge in [0.15, 0.2) is 0 Å². The third kappa shape index (κ3) is 2.14. The molecular weight excluding hydrogens is 178 g/mol. The molecule has 2 heteroatoms. The number of hydrogen-bond donors (Lipinski definition) is 0. The van der Waals surface area contributed by atoms with Crippen molar-refractivity contribution >= 4 is 15.9 Å². The average Bonchev–Trinajstić information content (AvgIpc) is 1.91. The molecule has 0 aliphatic heterocycles. The van der Waals surface area contributed by atoms with Crippen LogP contribution in [0.2, 0.25) is 0 Å². The third-order valence-electron chi connectivity index (χ3n) is 1.11. The molecule has 0 spiro atoms. The van der Waals surface area contributed by atoms with Gasteiger partial charge in [0.25, 0.3) is 0 Å². The summed E-state index contributed by atoms with van der Waals surface area (Å²) >= 11 is 3.36. The quantitative estimate of drug-likeness (QED) is 0.644. The van der Waals surface area contributed by atoms with Crippen LogP contribution in [0.4, 0.5) is 0 Å². The minimum atomic E-state index is 1.01. The molecule has 0 saturated heterocycles. The fourth-order valence-corrected chi connectivity index (χ4v) is 1.11. The van der Waals surface area contributed by atoms with Gasteiger partial charge in [-0.25, -0.2) is 0 Å². The Bertz CT molecular complexity index is 162. The van der Waals surface area contributed by atoms with Crippen LogP contribution < -0.4 is 0 Å². The summed E-state index contributed by atoms with van der Waals surface area (Å²) < 4.78 is 0. The fraction of sp³-hybridized carbons (Fsp3) is 0.286. The van der Waals surface area contributed by atoms with Crippen LogP contribution in [0.5, 0.6) is 0 Å². The van der Waals surface area contributed by atoms with Crippen LogP contribution >= 0.6 is 15.9 Å². The number of halogens is 1. The highest BCUT2D eigenvalue weighted by molar-refractivity contribution is 9.09. The zero-order chi connectivity index (χ0) is 6.53. The van der Waals surface area contributed by atoms with Gasteiger partial charge in [-0.05, 0) is 18.1 Å². The summed E-state index contributed by atoms with van der Waals surface area (Å²) in [5.41, 5.74) is 1.29. The molecule has 0 amide bonds. The maximum atomic E-state index is 3.98. The second kappa shape index (κ2) is 3.62. The maximum Gasteiger partial charge on any atom is 0.0300 e. The number of pyridine rings is 1. The molecule has 0 N–H and O–H groups in total. The van der Waals surface area contributed by atoms with Crippen LogP contribution in [0.1, 0.15) is 5.56 Å². The molecule has 0 saturated carbocycles. The van der Waals surface area contributed by atoms with E-state index in [1.165, 1.54) is 5.56 Å². The molecule has 48 valence electrons. The van der Waals surface area contributed by atoms with Gasteiger partial charge in [0.2, 0.25) is 0 Å². The molecule has 0 fully saturated rings. The lowest BCUT2D eigenvalue weighted by Crippen LogP contribution is -1.84. The van der Waals surface area contributed by atoms with E-state index in [-0.39, 0.29) is 0 Å². The van der Waals surface area contributed by atoms with Crippen LogP contribution in [0, 0.1) is 0 Å². The molecule has 1 aromatic rings. The van der Waals surface area contributed by atoms with Crippen molar-refractivity contribution in [3.63, 3.8) is 0 Å². The first-order chi connectivity index (χ1) is 4.43. The Morgan fingerprint density at radius 3 is 3.00 bits per heavy atom. The summed E-state index contributed by atoms with van der Waals surface area (Å²) in [4.78, 5) is 3.98. The SMILES string of the molecule is BrCCc1cccnc1. The topological polar surface area (TPSA) is 12.9 Å². The molecule has 0 unspecified atom stereocenters. The molecule has 1 aromatic heterocycles. The molecule has 1 heterocycles. The van der Waals surface area contributed by atoms with E-state index in [4.69, 9.17) is 0 Å². The summed E-state index contributed by atoms with van der Waals surface area (Å²) in [6.07, 6.45) is 4.74. The van der Waals surface area contributed by atoms with Gasteiger partial charge in [0.05, 0.1) is 0 Å². The molecule has 0 atom stereocenters. The molecule has 1 nitrogen and oxygen atoms in total. The van der Waals surface area contributed by atoms with Crippen LogP contribution in [0.25, 0.3) is 0 Å². The van der Waals surface area contributed by atoms with E-state index in [0.717, 1.165) is 11.8 Å². The number of alkyl halides is 1. The number of nitrogens with zero attached hydrogens (tertiary/aromatic N) is 1. The van der Waals surface area contributed by atoms with Gasteiger partial charge in [-0.15, -0.1) is 0 Å². The predicted molar refractivity (Wildman–Crippen MR) is 41.7 cm³/mol. The summed E-state index contributed by atoms with van der Waals surface area (Å²) in [6, 6.07) is 4.03. The zero-order valence-electron chi connectivity index (χ0n) is 5.05. The van der Waals surface area contributed by atoms with E-state index in [1.807, 2.05) is 12.3 Å². The standard InChI is InChI=1S/C7H8BrN/c8-4-3-7-2-1-5-9-6-7/h1-2,5-6H,3-4H2. The minimum Gasteiger partial charge on any atom is -0.264 e. The Hall–Kier alpha value is -0.370.